The highest BCUT2D eigenvalue weighted by atomic mass is 16.5. The molecule has 2 heterocycles. The topological polar surface area (TPSA) is 63.0 Å². The first-order valence-corrected chi connectivity index (χ1v) is 14.4. The quantitative estimate of drug-likeness (QED) is 0.221. The number of ether oxygens (including phenoxy) is 1. The molecule has 1 fully saturated rings. The van der Waals surface area contributed by atoms with Gasteiger partial charge in [0.05, 0.1) is 12.6 Å². The zero-order valence-electron chi connectivity index (χ0n) is 23.4. The van der Waals surface area contributed by atoms with E-state index in [-0.39, 0.29) is 24.5 Å². The molecule has 1 aromatic heterocycles. The molecule has 0 spiro atoms. The van der Waals surface area contributed by atoms with Crippen LogP contribution in [0.3, 0.4) is 0 Å². The predicted octanol–water partition coefficient (Wildman–Crippen LogP) is 6.56. The van der Waals surface area contributed by atoms with Crippen molar-refractivity contribution in [2.24, 2.45) is 0 Å². The van der Waals surface area contributed by atoms with Gasteiger partial charge in [-0.3, -0.25) is 9.59 Å². The first kappa shape index (κ1) is 28.6. The zero-order valence-corrected chi connectivity index (χ0v) is 23.4. The summed E-state index contributed by atoms with van der Waals surface area (Å²) in [5, 5.41) is 0. The lowest BCUT2D eigenvalue weighted by atomic mass is 10.0. The molecular formula is C33H42N2O4. The minimum absolute atomic E-state index is 0.00993. The maximum absolute atomic E-state index is 13.8. The Hall–Kier alpha value is -3.38. The number of furan rings is 1. The molecule has 2 aromatic carbocycles. The lowest BCUT2D eigenvalue weighted by Crippen LogP contribution is -2.45. The second-order valence-electron chi connectivity index (χ2n) is 10.6. The highest BCUT2D eigenvalue weighted by molar-refractivity contribution is 5.96. The smallest absolute Gasteiger partial charge is 0.254 e. The zero-order chi connectivity index (χ0) is 27.5. The maximum Gasteiger partial charge on any atom is 0.254 e. The van der Waals surface area contributed by atoms with Gasteiger partial charge in [-0.2, -0.15) is 0 Å². The fourth-order valence-electron chi connectivity index (χ4n) is 5.06. The van der Waals surface area contributed by atoms with Crippen molar-refractivity contribution in [3.05, 3.63) is 94.9 Å². The summed E-state index contributed by atoms with van der Waals surface area (Å²) in [7, 11) is 0. The monoisotopic (exact) mass is 530 g/mol. The van der Waals surface area contributed by atoms with Gasteiger partial charge in [0.1, 0.15) is 18.1 Å². The number of unbranched alkanes of at least 4 members (excludes halogenated alkanes) is 3. The lowest BCUT2D eigenvalue weighted by molar-refractivity contribution is -0.133. The molecule has 0 aliphatic carbocycles. The molecular weight excluding hydrogens is 488 g/mol. The van der Waals surface area contributed by atoms with Crippen LogP contribution in [0.25, 0.3) is 0 Å². The lowest BCUT2D eigenvalue weighted by Gasteiger charge is -2.29. The Kier molecular flexibility index (Phi) is 10.8. The van der Waals surface area contributed by atoms with Crippen LogP contribution in [0, 0.1) is 6.92 Å². The number of hydrogen-bond acceptors (Lipinski definition) is 4. The van der Waals surface area contributed by atoms with Crippen LogP contribution < -0.4 is 0 Å². The van der Waals surface area contributed by atoms with Gasteiger partial charge in [-0.05, 0) is 68.0 Å². The molecule has 6 nitrogen and oxygen atoms in total. The van der Waals surface area contributed by atoms with E-state index in [9.17, 15) is 9.59 Å². The number of benzene rings is 2. The van der Waals surface area contributed by atoms with Gasteiger partial charge in [-0.1, -0.05) is 68.7 Å². The van der Waals surface area contributed by atoms with Crippen molar-refractivity contribution in [1.29, 1.82) is 0 Å². The third-order valence-corrected chi connectivity index (χ3v) is 7.29. The Bertz CT molecular complexity index is 1170. The number of aryl methyl sites for hydroxylation is 2. The number of amides is 2. The summed E-state index contributed by atoms with van der Waals surface area (Å²) in [6.45, 7) is 5.99. The molecule has 6 heteroatoms. The minimum Gasteiger partial charge on any atom is -0.464 e. The van der Waals surface area contributed by atoms with Crippen LogP contribution in [0.1, 0.15) is 78.5 Å². The van der Waals surface area contributed by atoms with Crippen LogP contribution in [0.15, 0.2) is 71.1 Å². The van der Waals surface area contributed by atoms with Gasteiger partial charge in [-0.25, -0.2) is 0 Å². The molecule has 0 radical (unpaired) electrons. The third kappa shape index (κ3) is 8.82. The van der Waals surface area contributed by atoms with Crippen molar-refractivity contribution in [1.82, 2.24) is 9.80 Å². The molecule has 3 aromatic rings. The molecule has 208 valence electrons. The summed E-state index contributed by atoms with van der Waals surface area (Å²) in [6, 6.07) is 21.6. The molecule has 1 aliphatic heterocycles. The molecule has 1 saturated heterocycles. The Labute approximate surface area is 232 Å². The van der Waals surface area contributed by atoms with Crippen LogP contribution in [0.2, 0.25) is 0 Å². The van der Waals surface area contributed by atoms with Crippen molar-refractivity contribution in [3.8, 4) is 0 Å². The maximum atomic E-state index is 13.8. The Morgan fingerprint density at radius 2 is 1.67 bits per heavy atom. The third-order valence-electron chi connectivity index (χ3n) is 7.29. The number of nitrogens with zero attached hydrogens (tertiary/aromatic N) is 2. The van der Waals surface area contributed by atoms with E-state index in [1.807, 2.05) is 73.7 Å². The molecule has 2 amide bonds. The summed E-state index contributed by atoms with van der Waals surface area (Å²) in [5.74, 6) is 1.28. The van der Waals surface area contributed by atoms with Gasteiger partial charge < -0.3 is 19.0 Å². The van der Waals surface area contributed by atoms with Crippen molar-refractivity contribution < 1.29 is 18.7 Å². The van der Waals surface area contributed by atoms with E-state index in [1.54, 1.807) is 9.80 Å². The number of hydrogen-bond donors (Lipinski definition) is 0. The van der Waals surface area contributed by atoms with Crippen molar-refractivity contribution in [2.75, 3.05) is 19.7 Å². The van der Waals surface area contributed by atoms with Crippen LogP contribution >= 0.6 is 0 Å². The average molecular weight is 531 g/mol. The molecule has 0 N–H and O–H groups in total. The second kappa shape index (κ2) is 14.7. The molecule has 39 heavy (non-hydrogen) atoms. The molecule has 1 unspecified atom stereocenters. The fourth-order valence-corrected chi connectivity index (χ4v) is 5.06. The van der Waals surface area contributed by atoms with Gasteiger partial charge in [-0.15, -0.1) is 0 Å². The van der Waals surface area contributed by atoms with E-state index in [0.717, 1.165) is 42.8 Å². The minimum atomic E-state index is -0.134. The van der Waals surface area contributed by atoms with Crippen LogP contribution in [0.5, 0.6) is 0 Å². The van der Waals surface area contributed by atoms with E-state index in [4.69, 9.17) is 9.15 Å². The molecule has 1 aliphatic rings. The normalized spacial score (nSPS) is 14.9. The first-order chi connectivity index (χ1) is 19.0. The van der Waals surface area contributed by atoms with Crippen molar-refractivity contribution >= 4 is 11.8 Å². The summed E-state index contributed by atoms with van der Waals surface area (Å²) in [4.78, 5) is 30.9. The van der Waals surface area contributed by atoms with E-state index in [2.05, 4.69) is 6.92 Å². The number of carbonyl (C=O) groups is 2. The van der Waals surface area contributed by atoms with E-state index in [1.165, 1.54) is 24.8 Å². The summed E-state index contributed by atoms with van der Waals surface area (Å²) in [5.41, 5.74) is 2.88. The number of carbonyl (C=O) groups excluding carboxylic acids is 2. The summed E-state index contributed by atoms with van der Waals surface area (Å²) >= 11 is 0. The standard InChI is InChI=1S/C33H42N2O4/c1-3-4-5-7-11-27-16-18-29(19-17-27)33(37)35(23-30-14-10-21-38-30)25-32(36)34(22-28-12-8-6-9-13-28)24-31-20-15-26(2)39-31/h6,8-9,12-13,15-20,30H,3-5,7,10-11,14,21-25H2,1-2H3. The fraction of sp³-hybridized carbons (Fsp3) is 0.455. The average Bonchev–Trinajstić information content (AvgIpc) is 3.62. The number of rotatable bonds is 14. The van der Waals surface area contributed by atoms with Crippen molar-refractivity contribution in [2.45, 2.75) is 78.0 Å². The van der Waals surface area contributed by atoms with Crippen molar-refractivity contribution in [3.63, 3.8) is 0 Å². The van der Waals surface area contributed by atoms with E-state index >= 15 is 0 Å². The highest BCUT2D eigenvalue weighted by Crippen LogP contribution is 2.18. The Morgan fingerprint density at radius 1 is 0.872 bits per heavy atom. The molecule has 4 rings (SSSR count). The largest absolute Gasteiger partial charge is 0.464 e. The molecule has 0 saturated carbocycles. The molecule has 1 atom stereocenters. The van der Waals surface area contributed by atoms with E-state index in [0.29, 0.717) is 31.8 Å². The van der Waals surface area contributed by atoms with Crippen LogP contribution in [-0.4, -0.2) is 47.4 Å². The molecule has 0 bridgehead atoms. The second-order valence-corrected chi connectivity index (χ2v) is 10.6. The highest BCUT2D eigenvalue weighted by Gasteiger charge is 2.27. The summed E-state index contributed by atoms with van der Waals surface area (Å²) < 4.78 is 11.6. The van der Waals surface area contributed by atoms with E-state index < -0.39 is 0 Å². The van der Waals surface area contributed by atoms with Gasteiger partial charge in [0.25, 0.3) is 5.91 Å². The SMILES string of the molecule is CCCCCCc1ccc(C(=O)N(CC(=O)N(Cc2ccccc2)Cc2ccc(C)o2)CC2CCCO2)cc1. The van der Waals surface area contributed by atoms with Crippen LogP contribution in [0.4, 0.5) is 0 Å². The van der Waals surface area contributed by atoms with Gasteiger partial charge in [0.2, 0.25) is 5.91 Å². The van der Waals surface area contributed by atoms with Crippen LogP contribution in [-0.2, 0) is 29.0 Å². The van der Waals surface area contributed by atoms with Gasteiger partial charge in [0.15, 0.2) is 0 Å². The summed E-state index contributed by atoms with van der Waals surface area (Å²) in [6.07, 6.45) is 7.71. The Balaban J connectivity index is 1.48. The van der Waals surface area contributed by atoms with Gasteiger partial charge >= 0.3 is 0 Å². The van der Waals surface area contributed by atoms with Gasteiger partial charge in [0, 0.05) is 25.3 Å². The Morgan fingerprint density at radius 3 is 2.33 bits per heavy atom. The predicted molar refractivity (Wildman–Crippen MR) is 153 cm³/mol. The first-order valence-electron chi connectivity index (χ1n) is 14.4.